The van der Waals surface area contributed by atoms with E-state index in [2.05, 4.69) is 58.2 Å². The van der Waals surface area contributed by atoms with Crippen molar-refractivity contribution in [1.29, 1.82) is 10.8 Å². The fourth-order valence-electron chi connectivity index (χ4n) is 10.1. The Morgan fingerprint density at radius 1 is 0.547 bits per heavy atom. The fourth-order valence-corrected chi connectivity index (χ4v) is 10.4. The molecule has 0 fully saturated rings. The second kappa shape index (κ2) is 38.0. The number of aliphatic hydroxyl groups excluding tert-OH is 1. The van der Waals surface area contributed by atoms with Crippen LogP contribution < -0.4 is 75.3 Å². The molecule has 1 aromatic heterocycles. The fraction of sp³-hybridized carbons (Fsp3) is 0.431. The number of aromatic nitrogens is 1. The number of guanidine groups is 2. The number of amides is 9. The number of phenolic OH excluding ortho intramolecular Hbond substituents is 1. The number of para-hydroxylation sites is 1. The van der Waals surface area contributed by atoms with Crippen LogP contribution in [0.15, 0.2) is 103 Å². The maximum Gasteiger partial charge on any atom is 0.249 e. The van der Waals surface area contributed by atoms with Crippen LogP contribution in [-0.2, 0) is 62.4 Å². The molecule has 1 heterocycles. The van der Waals surface area contributed by atoms with Crippen LogP contribution in [0.5, 0.6) is 5.75 Å². The minimum absolute atomic E-state index is 0.0144. The number of nitrogens with two attached hydrogens (primary N) is 3. The number of benzene rings is 4. The number of aromatic hydroxyl groups is 1. The maximum atomic E-state index is 14.8. The van der Waals surface area contributed by atoms with Crippen molar-refractivity contribution in [2.75, 3.05) is 31.1 Å². The van der Waals surface area contributed by atoms with Gasteiger partial charge in [-0.05, 0) is 136 Å². The number of carbonyl (C=O) groups is 9. The SMILES string of the molecule is CCCN(C(=O)[C@@H](C)NC(=O)[C@H](CCCNC(=N)N)NC(=O)[C@H](CC(C)C)NC(=O)[C@@H](CCCNC(=N)N)NC(=O)[C@H](Cc1ccc(O)cc1)NC(=O)[C@H](CO)NC(=O)[C@@H](Cc1c[nH]c2ccccc12)NC(=O)[C@H](C)NC(=O)[C@@H](N)Cc1ccc(Cl)cc1)c1ccc(Cl)cc1. The van der Waals surface area contributed by atoms with Crippen molar-refractivity contribution < 1.29 is 53.4 Å². The third-order valence-electron chi connectivity index (χ3n) is 15.2. The van der Waals surface area contributed by atoms with Crippen molar-refractivity contribution in [2.24, 2.45) is 23.1 Å². The minimum atomic E-state index is -1.78. The van der Waals surface area contributed by atoms with Gasteiger partial charge in [0.2, 0.25) is 53.2 Å². The highest BCUT2D eigenvalue weighted by Crippen LogP contribution is 2.22. The Balaban J connectivity index is 1.38. The summed E-state index contributed by atoms with van der Waals surface area (Å²) in [6.07, 6.45) is 2.07. The first-order chi connectivity index (χ1) is 45.2. The summed E-state index contributed by atoms with van der Waals surface area (Å²) in [7, 11) is 0. The zero-order chi connectivity index (χ0) is 69.9. The number of phenols is 1. The predicted molar refractivity (Wildman–Crippen MR) is 363 cm³/mol. The van der Waals surface area contributed by atoms with Crippen LogP contribution in [0, 0.1) is 16.7 Å². The Bertz CT molecular complexity index is 3430. The molecule has 0 bridgehead atoms. The zero-order valence-corrected chi connectivity index (χ0v) is 55.3. The molecule has 0 aliphatic heterocycles. The monoisotopic (exact) mass is 1350 g/mol. The van der Waals surface area contributed by atoms with Gasteiger partial charge in [-0.1, -0.05) is 86.4 Å². The summed E-state index contributed by atoms with van der Waals surface area (Å²) < 4.78 is 0. The Labute approximate surface area is 561 Å². The molecule has 514 valence electrons. The van der Waals surface area contributed by atoms with Crippen LogP contribution in [0.4, 0.5) is 5.69 Å². The average Bonchev–Trinajstić information content (AvgIpc) is 1.77. The van der Waals surface area contributed by atoms with Crippen molar-refractivity contribution in [3.8, 4) is 5.75 Å². The van der Waals surface area contributed by atoms with E-state index in [-0.39, 0.29) is 88.0 Å². The molecule has 0 radical (unpaired) electrons. The largest absolute Gasteiger partial charge is 0.508 e. The van der Waals surface area contributed by atoms with Crippen LogP contribution in [0.1, 0.15) is 89.8 Å². The van der Waals surface area contributed by atoms with Crippen LogP contribution in [0.2, 0.25) is 10.0 Å². The average molecular weight is 1360 g/mol. The maximum absolute atomic E-state index is 14.8. The van der Waals surface area contributed by atoms with Gasteiger partial charge in [0, 0.05) is 65.3 Å². The molecule has 9 amide bonds. The quantitative estimate of drug-likeness (QED) is 0.0152. The molecule has 28 nitrogen and oxygen atoms in total. The van der Waals surface area contributed by atoms with Gasteiger partial charge in [0.15, 0.2) is 11.9 Å². The van der Waals surface area contributed by atoms with Gasteiger partial charge >= 0.3 is 0 Å². The second-order valence-corrected chi connectivity index (χ2v) is 24.3. The van der Waals surface area contributed by atoms with Crippen LogP contribution in [0.25, 0.3) is 10.9 Å². The normalized spacial score (nSPS) is 14.0. The van der Waals surface area contributed by atoms with E-state index in [0.29, 0.717) is 56.3 Å². The van der Waals surface area contributed by atoms with E-state index in [9.17, 15) is 53.4 Å². The second-order valence-electron chi connectivity index (χ2n) is 23.4. The highest BCUT2D eigenvalue weighted by molar-refractivity contribution is 6.31. The number of halogens is 2. The van der Waals surface area contributed by atoms with E-state index in [1.807, 2.05) is 6.92 Å². The highest BCUT2D eigenvalue weighted by atomic mass is 35.5. The van der Waals surface area contributed by atoms with E-state index in [0.717, 1.165) is 0 Å². The minimum Gasteiger partial charge on any atom is -0.508 e. The number of hydrogen-bond acceptors (Lipinski definition) is 14. The lowest BCUT2D eigenvalue weighted by atomic mass is 10.0. The number of H-pyrrole nitrogens is 1. The summed E-state index contributed by atoms with van der Waals surface area (Å²) in [6.45, 7) is 7.84. The Morgan fingerprint density at radius 3 is 1.56 bits per heavy atom. The molecular weight excluding hydrogens is 1270 g/mol. The molecule has 0 spiro atoms. The highest BCUT2D eigenvalue weighted by Gasteiger charge is 2.36. The lowest BCUT2D eigenvalue weighted by Crippen LogP contribution is -2.61. The van der Waals surface area contributed by atoms with Crippen molar-refractivity contribution in [3.05, 3.63) is 130 Å². The Kier molecular flexibility index (Phi) is 30.5. The molecular formula is C65H89Cl2N17O11. The third kappa shape index (κ3) is 25.1. The molecule has 0 saturated carbocycles. The van der Waals surface area contributed by atoms with Gasteiger partial charge in [-0.2, -0.15) is 0 Å². The van der Waals surface area contributed by atoms with Crippen molar-refractivity contribution >= 4 is 105 Å². The Hall–Kier alpha value is -9.51. The number of aromatic amines is 1. The summed E-state index contributed by atoms with van der Waals surface area (Å²) in [5.74, 6) is -8.36. The Morgan fingerprint density at radius 2 is 1.00 bits per heavy atom. The van der Waals surface area contributed by atoms with Crippen molar-refractivity contribution in [3.63, 3.8) is 0 Å². The lowest BCUT2D eigenvalue weighted by molar-refractivity contribution is -0.136. The molecule has 4 aromatic carbocycles. The summed E-state index contributed by atoms with van der Waals surface area (Å²) in [6, 6.07) is 13.9. The summed E-state index contributed by atoms with van der Waals surface area (Å²) in [5.41, 5.74) is 20.2. The third-order valence-corrected chi connectivity index (χ3v) is 15.7. The van der Waals surface area contributed by atoms with E-state index in [1.54, 1.807) is 92.8 Å². The van der Waals surface area contributed by atoms with E-state index < -0.39 is 114 Å². The van der Waals surface area contributed by atoms with Gasteiger partial charge < -0.3 is 90.5 Å². The number of carbonyl (C=O) groups excluding carboxylic acids is 9. The lowest BCUT2D eigenvalue weighted by Gasteiger charge is -2.29. The van der Waals surface area contributed by atoms with Gasteiger partial charge in [-0.3, -0.25) is 54.0 Å². The molecule has 30 heteroatoms. The summed E-state index contributed by atoms with van der Waals surface area (Å²) in [4.78, 5) is 133. The number of rotatable bonds is 37. The zero-order valence-electron chi connectivity index (χ0n) is 53.8. The van der Waals surface area contributed by atoms with Gasteiger partial charge in [0.25, 0.3) is 0 Å². The smallest absolute Gasteiger partial charge is 0.249 e. The number of hydrogen-bond donors (Lipinski definition) is 18. The van der Waals surface area contributed by atoms with Crippen LogP contribution >= 0.6 is 23.2 Å². The summed E-state index contributed by atoms with van der Waals surface area (Å²) in [5, 5.41) is 64.4. The molecule has 21 N–H and O–H groups in total. The van der Waals surface area contributed by atoms with E-state index in [1.165, 1.54) is 43.0 Å². The molecule has 0 aliphatic rings. The first-order valence-corrected chi connectivity index (χ1v) is 32.0. The number of nitrogens with one attached hydrogen (secondary N) is 13. The van der Waals surface area contributed by atoms with E-state index >= 15 is 0 Å². The van der Waals surface area contributed by atoms with Gasteiger partial charge in [-0.15, -0.1) is 0 Å². The van der Waals surface area contributed by atoms with Crippen LogP contribution in [0.3, 0.4) is 0 Å². The van der Waals surface area contributed by atoms with Gasteiger partial charge in [0.1, 0.15) is 54.1 Å². The first kappa shape index (κ1) is 76.2. The van der Waals surface area contributed by atoms with Crippen molar-refractivity contribution in [1.82, 2.24) is 58.2 Å². The molecule has 5 aromatic rings. The molecule has 9 atom stereocenters. The van der Waals surface area contributed by atoms with Crippen molar-refractivity contribution in [2.45, 2.75) is 147 Å². The number of fused-ring (bicyclic) bond motifs is 1. The molecule has 95 heavy (non-hydrogen) atoms. The van der Waals surface area contributed by atoms with Gasteiger partial charge in [0.05, 0.1) is 12.6 Å². The van der Waals surface area contributed by atoms with E-state index in [4.69, 9.17) is 51.2 Å². The topological polar surface area (TPSA) is 459 Å². The molecule has 0 saturated heterocycles. The first-order valence-electron chi connectivity index (χ1n) is 31.3. The molecule has 5 rings (SSSR count). The summed E-state index contributed by atoms with van der Waals surface area (Å²) >= 11 is 12.1. The van der Waals surface area contributed by atoms with Gasteiger partial charge in [-0.25, -0.2) is 0 Å². The van der Waals surface area contributed by atoms with Crippen LogP contribution in [-0.4, -0.2) is 161 Å². The number of anilines is 1. The predicted octanol–water partition coefficient (Wildman–Crippen LogP) is 1.46. The molecule has 0 aliphatic carbocycles. The molecule has 0 unspecified atom stereocenters. The number of nitrogens with zero attached hydrogens (tertiary/aromatic N) is 1. The number of aliphatic hydroxyl groups is 1. The standard InChI is InChI=1S/C65H89Cl2N17O11/c1-6-29-84(44-23-21-43(67)22-24-44)63(95)38(5)77-57(89)49(13-9-27-73-64(69)70)78-59(91)51(30-36(2)3)81-58(90)50(14-10-28-74-65(71)72)79-60(92)52(32-40-17-25-45(86)26-18-40)82-62(94)54(35-85)83-61(93)53(33-41-34-75-48-12-8-7-11-46(41)48)80-55(87)37(4)76-56(88)47(68)31-39-15-19-42(66)20-16-39/h7-8,11-12,15-26,34,36-38,47,49-54,75,85-86H,6,9-10,13-14,27-33,35,68H2,1-5H3,(H,76,88)(H,77,89)(H,78,91)(H,79,92)(H,80,87)(H,81,90)(H,82,94)(H,83,93)(H4,69,70,73)(H4,71,72,74)/t37-,38+,47-,49-,50+,51-,52-,53+,54-/m0/s1.